The molecule has 0 aliphatic rings. The Hall–Kier alpha value is -2.95. The fourth-order valence-corrected chi connectivity index (χ4v) is 2.72. The van der Waals surface area contributed by atoms with E-state index in [-0.39, 0.29) is 12.4 Å². The van der Waals surface area contributed by atoms with Crippen LogP contribution in [-0.2, 0) is 6.54 Å². The number of benzene rings is 3. The van der Waals surface area contributed by atoms with Gasteiger partial charge in [-0.05, 0) is 42.5 Å². The summed E-state index contributed by atoms with van der Waals surface area (Å²) in [6.45, 7) is 0.210. The molecule has 0 spiro atoms. The molecular formula is C19H12F3NO. The molecule has 0 atom stereocenters. The van der Waals surface area contributed by atoms with Crippen LogP contribution < -0.4 is 5.32 Å². The van der Waals surface area contributed by atoms with Gasteiger partial charge in [0.2, 0.25) is 0 Å². The lowest BCUT2D eigenvalue weighted by Crippen LogP contribution is -2.02. The van der Waals surface area contributed by atoms with Crippen molar-refractivity contribution in [3.05, 3.63) is 77.6 Å². The Labute approximate surface area is 135 Å². The first kappa shape index (κ1) is 14.6. The maximum atomic E-state index is 13.7. The SMILES string of the molecule is Fc1ccc(CNc2ccc3oc4ccc(F)cc4c3c2)c(F)c1. The summed E-state index contributed by atoms with van der Waals surface area (Å²) in [6, 6.07) is 13.2. The molecule has 0 fully saturated rings. The highest BCUT2D eigenvalue weighted by molar-refractivity contribution is 6.05. The standard InChI is InChI=1S/C19H12F3NO/c20-12-3-5-18-15(7-12)16-9-14(4-6-19(16)24-18)23-10-11-1-2-13(21)8-17(11)22/h1-9,23H,10H2. The smallest absolute Gasteiger partial charge is 0.135 e. The minimum absolute atomic E-state index is 0.210. The van der Waals surface area contributed by atoms with E-state index in [4.69, 9.17) is 4.42 Å². The van der Waals surface area contributed by atoms with Gasteiger partial charge >= 0.3 is 0 Å². The van der Waals surface area contributed by atoms with Crippen molar-refractivity contribution in [1.29, 1.82) is 0 Å². The summed E-state index contributed by atoms with van der Waals surface area (Å²) in [4.78, 5) is 0. The molecular weight excluding hydrogens is 315 g/mol. The fraction of sp³-hybridized carbons (Fsp3) is 0.0526. The van der Waals surface area contributed by atoms with Crippen molar-refractivity contribution in [2.45, 2.75) is 6.54 Å². The number of halogens is 3. The van der Waals surface area contributed by atoms with Gasteiger partial charge in [-0.1, -0.05) is 6.07 Å². The van der Waals surface area contributed by atoms with Crippen LogP contribution in [0.4, 0.5) is 18.9 Å². The summed E-state index contributed by atoms with van der Waals surface area (Å²) in [5, 5.41) is 4.54. The van der Waals surface area contributed by atoms with Gasteiger partial charge < -0.3 is 9.73 Å². The van der Waals surface area contributed by atoms with E-state index in [1.54, 1.807) is 18.2 Å². The number of hydrogen-bond acceptors (Lipinski definition) is 2. The summed E-state index contributed by atoms with van der Waals surface area (Å²) in [6.07, 6.45) is 0. The molecule has 120 valence electrons. The van der Waals surface area contributed by atoms with Crippen LogP contribution in [-0.4, -0.2) is 0 Å². The second-order valence-corrected chi connectivity index (χ2v) is 5.54. The van der Waals surface area contributed by atoms with E-state index in [1.165, 1.54) is 24.3 Å². The maximum Gasteiger partial charge on any atom is 0.135 e. The first-order valence-corrected chi connectivity index (χ1v) is 7.40. The minimum atomic E-state index is -0.607. The van der Waals surface area contributed by atoms with Gasteiger partial charge in [-0.2, -0.15) is 0 Å². The van der Waals surface area contributed by atoms with Crippen LogP contribution >= 0.6 is 0 Å². The second-order valence-electron chi connectivity index (χ2n) is 5.54. The molecule has 0 radical (unpaired) electrons. The number of hydrogen-bond donors (Lipinski definition) is 1. The lowest BCUT2D eigenvalue weighted by atomic mass is 10.1. The van der Waals surface area contributed by atoms with Crippen molar-refractivity contribution >= 4 is 27.6 Å². The van der Waals surface area contributed by atoms with E-state index in [1.807, 2.05) is 6.07 Å². The van der Waals surface area contributed by atoms with Crippen LogP contribution in [0.5, 0.6) is 0 Å². The molecule has 1 heterocycles. The van der Waals surface area contributed by atoms with Crippen LogP contribution in [0.2, 0.25) is 0 Å². The summed E-state index contributed by atoms with van der Waals surface area (Å²) in [5.41, 5.74) is 2.35. The molecule has 24 heavy (non-hydrogen) atoms. The molecule has 0 amide bonds. The first-order valence-electron chi connectivity index (χ1n) is 7.40. The number of furan rings is 1. The molecule has 5 heteroatoms. The van der Waals surface area contributed by atoms with E-state index in [2.05, 4.69) is 5.32 Å². The zero-order valence-corrected chi connectivity index (χ0v) is 12.4. The molecule has 4 rings (SSSR count). The van der Waals surface area contributed by atoms with Crippen molar-refractivity contribution in [3.63, 3.8) is 0 Å². The van der Waals surface area contributed by atoms with Crippen molar-refractivity contribution in [1.82, 2.24) is 0 Å². The van der Waals surface area contributed by atoms with E-state index < -0.39 is 11.6 Å². The number of nitrogens with one attached hydrogen (secondary N) is 1. The van der Waals surface area contributed by atoms with Gasteiger partial charge in [0, 0.05) is 34.6 Å². The maximum absolute atomic E-state index is 13.7. The van der Waals surface area contributed by atoms with Crippen molar-refractivity contribution < 1.29 is 17.6 Å². The third kappa shape index (κ3) is 2.58. The van der Waals surface area contributed by atoms with Gasteiger partial charge in [0.25, 0.3) is 0 Å². The molecule has 0 unspecified atom stereocenters. The van der Waals surface area contributed by atoms with Gasteiger partial charge in [-0.25, -0.2) is 13.2 Å². The third-order valence-electron chi connectivity index (χ3n) is 3.93. The quantitative estimate of drug-likeness (QED) is 0.529. The molecule has 0 saturated heterocycles. The first-order chi connectivity index (χ1) is 11.6. The van der Waals surface area contributed by atoms with E-state index >= 15 is 0 Å². The predicted molar refractivity (Wildman–Crippen MR) is 87.4 cm³/mol. The largest absolute Gasteiger partial charge is 0.456 e. The Bertz CT molecular complexity index is 1060. The predicted octanol–water partition coefficient (Wildman–Crippen LogP) is 5.62. The monoisotopic (exact) mass is 327 g/mol. The third-order valence-corrected chi connectivity index (χ3v) is 3.93. The molecule has 2 nitrogen and oxygen atoms in total. The summed E-state index contributed by atoms with van der Waals surface area (Å²) in [5.74, 6) is -1.54. The van der Waals surface area contributed by atoms with E-state index in [0.717, 1.165) is 17.1 Å². The average molecular weight is 327 g/mol. The van der Waals surface area contributed by atoms with Crippen LogP contribution in [0.15, 0.2) is 59.0 Å². The van der Waals surface area contributed by atoms with Gasteiger partial charge in [0.15, 0.2) is 0 Å². The van der Waals surface area contributed by atoms with Gasteiger partial charge in [-0.3, -0.25) is 0 Å². The van der Waals surface area contributed by atoms with Gasteiger partial charge in [0.1, 0.15) is 28.6 Å². The summed E-state index contributed by atoms with van der Waals surface area (Å²) in [7, 11) is 0. The molecule has 0 bridgehead atoms. The minimum Gasteiger partial charge on any atom is -0.456 e. The van der Waals surface area contributed by atoms with Crippen LogP contribution in [0, 0.1) is 17.5 Å². The second kappa shape index (κ2) is 5.60. The highest BCUT2D eigenvalue weighted by Crippen LogP contribution is 2.31. The molecule has 1 N–H and O–H groups in total. The average Bonchev–Trinajstić information content (AvgIpc) is 2.91. The van der Waals surface area contributed by atoms with E-state index in [9.17, 15) is 13.2 Å². The lowest BCUT2D eigenvalue weighted by Gasteiger charge is -2.07. The lowest BCUT2D eigenvalue weighted by molar-refractivity contribution is 0.574. The van der Waals surface area contributed by atoms with E-state index in [0.29, 0.717) is 22.1 Å². The Morgan fingerprint density at radius 1 is 0.750 bits per heavy atom. The zero-order valence-electron chi connectivity index (χ0n) is 12.4. The van der Waals surface area contributed by atoms with Crippen molar-refractivity contribution in [2.24, 2.45) is 0 Å². The highest BCUT2D eigenvalue weighted by Gasteiger charge is 2.09. The Balaban J connectivity index is 1.67. The van der Waals surface area contributed by atoms with Crippen LogP contribution in [0.1, 0.15) is 5.56 Å². The highest BCUT2D eigenvalue weighted by atomic mass is 19.1. The summed E-state index contributed by atoms with van der Waals surface area (Å²) < 4.78 is 45.7. The number of fused-ring (bicyclic) bond motifs is 3. The summed E-state index contributed by atoms with van der Waals surface area (Å²) >= 11 is 0. The normalized spacial score (nSPS) is 11.3. The molecule has 4 aromatic rings. The molecule has 0 aliphatic carbocycles. The number of anilines is 1. The fourth-order valence-electron chi connectivity index (χ4n) is 2.72. The Morgan fingerprint density at radius 3 is 2.21 bits per heavy atom. The van der Waals surface area contributed by atoms with Crippen molar-refractivity contribution in [3.8, 4) is 0 Å². The molecule has 0 saturated carbocycles. The Morgan fingerprint density at radius 2 is 1.42 bits per heavy atom. The molecule has 1 aromatic heterocycles. The molecule has 3 aromatic carbocycles. The van der Waals surface area contributed by atoms with Crippen molar-refractivity contribution in [2.75, 3.05) is 5.32 Å². The van der Waals surface area contributed by atoms with Gasteiger partial charge in [-0.15, -0.1) is 0 Å². The zero-order chi connectivity index (χ0) is 16.7. The Kier molecular flexibility index (Phi) is 3.41. The van der Waals surface area contributed by atoms with Crippen LogP contribution in [0.25, 0.3) is 21.9 Å². The molecule has 0 aliphatic heterocycles. The number of rotatable bonds is 3. The van der Waals surface area contributed by atoms with Crippen LogP contribution in [0.3, 0.4) is 0 Å². The topological polar surface area (TPSA) is 25.2 Å². The van der Waals surface area contributed by atoms with Gasteiger partial charge in [0.05, 0.1) is 0 Å².